The standard InChI is InChI=1S/C16H24N2O3.C2H2O4/c1-12(2)17-8-10-18(11-9-17)16(19)15-13(20-3)6-5-7-14(15)21-4;3-1(4)2(5)6/h5-7,12H,8-11H2,1-4H3;(H,3,4)(H,5,6). The van der Waals surface area contributed by atoms with Gasteiger partial charge in [0.25, 0.3) is 5.91 Å². The molecule has 1 amide bonds. The Bertz CT molecular complexity index is 633. The van der Waals surface area contributed by atoms with Gasteiger partial charge >= 0.3 is 11.9 Å². The zero-order chi connectivity index (χ0) is 20.6. The van der Waals surface area contributed by atoms with Gasteiger partial charge in [0.05, 0.1) is 14.2 Å². The van der Waals surface area contributed by atoms with Crippen molar-refractivity contribution in [3.63, 3.8) is 0 Å². The minimum absolute atomic E-state index is 0.0206. The van der Waals surface area contributed by atoms with E-state index in [2.05, 4.69) is 18.7 Å². The number of nitrogens with zero attached hydrogens (tertiary/aromatic N) is 2. The fourth-order valence-corrected chi connectivity index (χ4v) is 2.66. The summed E-state index contributed by atoms with van der Waals surface area (Å²) >= 11 is 0. The molecule has 9 heteroatoms. The second-order valence-electron chi connectivity index (χ2n) is 6.07. The number of carboxylic acid groups (broad SMARTS) is 2. The monoisotopic (exact) mass is 382 g/mol. The van der Waals surface area contributed by atoms with Crippen molar-refractivity contribution in [1.29, 1.82) is 0 Å². The Balaban J connectivity index is 0.000000527. The molecule has 1 aliphatic rings. The van der Waals surface area contributed by atoms with Gasteiger partial charge in [0, 0.05) is 32.2 Å². The molecule has 9 nitrogen and oxygen atoms in total. The van der Waals surface area contributed by atoms with Gasteiger partial charge in [0.2, 0.25) is 0 Å². The number of benzene rings is 1. The van der Waals surface area contributed by atoms with Crippen molar-refractivity contribution in [3.05, 3.63) is 23.8 Å². The van der Waals surface area contributed by atoms with Crippen LogP contribution >= 0.6 is 0 Å². The highest BCUT2D eigenvalue weighted by molar-refractivity contribution is 6.27. The summed E-state index contributed by atoms with van der Waals surface area (Å²) in [6.07, 6.45) is 0. The van der Waals surface area contributed by atoms with Crippen LogP contribution in [0.4, 0.5) is 0 Å². The van der Waals surface area contributed by atoms with Gasteiger partial charge < -0.3 is 24.6 Å². The molecule has 2 rings (SSSR count). The molecule has 150 valence electrons. The first-order valence-corrected chi connectivity index (χ1v) is 8.43. The number of hydrogen-bond acceptors (Lipinski definition) is 6. The summed E-state index contributed by atoms with van der Waals surface area (Å²) in [5.74, 6) is -2.55. The maximum Gasteiger partial charge on any atom is 0.414 e. The molecule has 0 radical (unpaired) electrons. The molecule has 0 unspecified atom stereocenters. The number of aliphatic carboxylic acids is 2. The number of carbonyl (C=O) groups excluding carboxylic acids is 1. The van der Waals surface area contributed by atoms with E-state index in [1.54, 1.807) is 26.4 Å². The summed E-state index contributed by atoms with van der Waals surface area (Å²) in [6, 6.07) is 5.92. The van der Waals surface area contributed by atoms with Gasteiger partial charge in [-0.2, -0.15) is 0 Å². The van der Waals surface area contributed by atoms with Crippen LogP contribution in [0, 0.1) is 0 Å². The fourth-order valence-electron chi connectivity index (χ4n) is 2.66. The maximum atomic E-state index is 12.8. The zero-order valence-electron chi connectivity index (χ0n) is 16.0. The van der Waals surface area contributed by atoms with Crippen LogP contribution in [0.3, 0.4) is 0 Å². The molecule has 1 saturated heterocycles. The van der Waals surface area contributed by atoms with Gasteiger partial charge in [-0.25, -0.2) is 9.59 Å². The first kappa shape index (κ1) is 22.2. The maximum absolute atomic E-state index is 12.8. The van der Waals surface area contributed by atoms with Crippen LogP contribution < -0.4 is 9.47 Å². The Morgan fingerprint density at radius 2 is 1.37 bits per heavy atom. The number of hydrogen-bond donors (Lipinski definition) is 2. The van der Waals surface area contributed by atoms with E-state index in [9.17, 15) is 4.79 Å². The number of ether oxygens (including phenoxy) is 2. The summed E-state index contributed by atoms with van der Waals surface area (Å²) in [7, 11) is 3.14. The molecule has 1 heterocycles. The molecule has 1 aromatic carbocycles. The molecule has 1 aromatic rings. The van der Waals surface area contributed by atoms with Gasteiger partial charge in [-0.05, 0) is 26.0 Å². The van der Waals surface area contributed by atoms with Crippen molar-refractivity contribution in [2.75, 3.05) is 40.4 Å². The van der Waals surface area contributed by atoms with E-state index < -0.39 is 11.9 Å². The third-order valence-corrected chi connectivity index (χ3v) is 4.16. The molecular formula is C18H26N2O7. The zero-order valence-corrected chi connectivity index (χ0v) is 16.0. The van der Waals surface area contributed by atoms with Gasteiger partial charge in [-0.3, -0.25) is 9.69 Å². The molecule has 0 spiro atoms. The highest BCUT2D eigenvalue weighted by Gasteiger charge is 2.27. The van der Waals surface area contributed by atoms with Crippen molar-refractivity contribution < 1.29 is 34.1 Å². The second kappa shape index (κ2) is 10.4. The van der Waals surface area contributed by atoms with Gasteiger partial charge in [-0.15, -0.1) is 0 Å². The SMILES string of the molecule is COc1cccc(OC)c1C(=O)N1CCN(C(C)C)CC1.O=C(O)C(=O)O. The minimum atomic E-state index is -1.82. The van der Waals surface area contributed by atoms with E-state index >= 15 is 0 Å². The number of piperazine rings is 1. The molecule has 1 aliphatic heterocycles. The lowest BCUT2D eigenvalue weighted by atomic mass is 10.1. The van der Waals surface area contributed by atoms with Crippen molar-refractivity contribution in [2.24, 2.45) is 0 Å². The van der Waals surface area contributed by atoms with Crippen LogP contribution in [0.5, 0.6) is 11.5 Å². The first-order chi connectivity index (χ1) is 12.7. The summed E-state index contributed by atoms with van der Waals surface area (Å²) in [4.78, 5) is 35.2. The van der Waals surface area contributed by atoms with Crippen LogP contribution in [0.2, 0.25) is 0 Å². The van der Waals surface area contributed by atoms with E-state index in [1.807, 2.05) is 11.0 Å². The average molecular weight is 382 g/mol. The Morgan fingerprint density at radius 3 is 1.70 bits per heavy atom. The third kappa shape index (κ3) is 6.14. The first-order valence-electron chi connectivity index (χ1n) is 8.43. The number of carbonyl (C=O) groups is 3. The lowest BCUT2D eigenvalue weighted by Gasteiger charge is -2.37. The summed E-state index contributed by atoms with van der Waals surface area (Å²) in [6.45, 7) is 7.64. The predicted octanol–water partition coefficient (Wildman–Crippen LogP) is 1.03. The van der Waals surface area contributed by atoms with E-state index in [-0.39, 0.29) is 5.91 Å². The van der Waals surface area contributed by atoms with E-state index in [4.69, 9.17) is 29.3 Å². The Hall–Kier alpha value is -2.81. The molecule has 27 heavy (non-hydrogen) atoms. The van der Waals surface area contributed by atoms with Crippen LogP contribution in [-0.2, 0) is 9.59 Å². The summed E-state index contributed by atoms with van der Waals surface area (Å²) in [5, 5.41) is 14.8. The van der Waals surface area contributed by atoms with Crippen molar-refractivity contribution >= 4 is 17.8 Å². The average Bonchev–Trinajstić information content (AvgIpc) is 2.67. The Morgan fingerprint density at radius 1 is 0.926 bits per heavy atom. The largest absolute Gasteiger partial charge is 0.496 e. The molecule has 1 fully saturated rings. The van der Waals surface area contributed by atoms with Gasteiger partial charge in [-0.1, -0.05) is 6.07 Å². The van der Waals surface area contributed by atoms with E-state index in [0.717, 1.165) is 26.2 Å². The number of rotatable bonds is 4. The molecular weight excluding hydrogens is 356 g/mol. The van der Waals surface area contributed by atoms with Gasteiger partial charge in [0.1, 0.15) is 17.1 Å². The van der Waals surface area contributed by atoms with Crippen LogP contribution in [0.25, 0.3) is 0 Å². The van der Waals surface area contributed by atoms with E-state index in [0.29, 0.717) is 23.1 Å². The quantitative estimate of drug-likeness (QED) is 0.742. The smallest absolute Gasteiger partial charge is 0.414 e. The summed E-state index contributed by atoms with van der Waals surface area (Å²) in [5.41, 5.74) is 0.514. The molecule has 0 aliphatic carbocycles. The highest BCUT2D eigenvalue weighted by atomic mass is 16.5. The molecule has 0 saturated carbocycles. The molecule has 0 aromatic heterocycles. The second-order valence-corrected chi connectivity index (χ2v) is 6.07. The third-order valence-electron chi connectivity index (χ3n) is 4.16. The lowest BCUT2D eigenvalue weighted by Crippen LogP contribution is -2.50. The van der Waals surface area contributed by atoms with Crippen LogP contribution in [0.1, 0.15) is 24.2 Å². The summed E-state index contributed by atoms with van der Waals surface area (Å²) < 4.78 is 10.6. The van der Waals surface area contributed by atoms with Crippen molar-refractivity contribution in [1.82, 2.24) is 9.80 Å². The fraction of sp³-hybridized carbons (Fsp3) is 0.500. The number of amides is 1. The Labute approximate surface area is 158 Å². The highest BCUT2D eigenvalue weighted by Crippen LogP contribution is 2.29. The molecule has 0 bridgehead atoms. The van der Waals surface area contributed by atoms with Crippen molar-refractivity contribution in [3.8, 4) is 11.5 Å². The number of carboxylic acids is 2. The molecule has 2 N–H and O–H groups in total. The van der Waals surface area contributed by atoms with Crippen LogP contribution in [0.15, 0.2) is 18.2 Å². The number of methoxy groups -OCH3 is 2. The normalized spacial score (nSPS) is 14.2. The van der Waals surface area contributed by atoms with Crippen molar-refractivity contribution in [2.45, 2.75) is 19.9 Å². The molecule has 0 atom stereocenters. The van der Waals surface area contributed by atoms with E-state index in [1.165, 1.54) is 0 Å². The predicted molar refractivity (Wildman–Crippen MR) is 97.4 cm³/mol. The Kier molecular flexibility index (Phi) is 8.53. The lowest BCUT2D eigenvalue weighted by molar-refractivity contribution is -0.159. The minimum Gasteiger partial charge on any atom is -0.496 e. The van der Waals surface area contributed by atoms with Crippen LogP contribution in [-0.4, -0.2) is 84.3 Å². The topological polar surface area (TPSA) is 117 Å². The van der Waals surface area contributed by atoms with Gasteiger partial charge in [0.15, 0.2) is 0 Å².